The fraction of sp³-hybridized carbons (Fsp3) is 0.0870. The van der Waals surface area contributed by atoms with Gasteiger partial charge in [-0.2, -0.15) is 13.2 Å². The number of rotatable bonds is 7. The van der Waals surface area contributed by atoms with E-state index in [1.807, 2.05) is 0 Å². The Balaban J connectivity index is 1.48. The predicted octanol–water partition coefficient (Wildman–Crippen LogP) is 5.83. The molecular weight excluding hydrogens is 553 g/mol. The van der Waals surface area contributed by atoms with Crippen molar-refractivity contribution in [1.29, 1.82) is 0 Å². The maximum absolute atomic E-state index is 13.1. The number of benzene rings is 2. The zero-order valence-corrected chi connectivity index (χ0v) is 20.7. The van der Waals surface area contributed by atoms with Crippen LogP contribution >= 0.6 is 11.6 Å². The summed E-state index contributed by atoms with van der Waals surface area (Å²) in [5, 5.41) is 5.77. The predicted molar refractivity (Wildman–Crippen MR) is 130 cm³/mol. The highest BCUT2D eigenvalue weighted by atomic mass is 35.5. The number of carbonyl (C=O) groups excluding carboxylic acids is 1. The van der Waals surface area contributed by atoms with E-state index in [4.69, 9.17) is 21.1 Å². The summed E-state index contributed by atoms with van der Waals surface area (Å²) in [4.78, 5) is 16.1. The number of nitrogens with one attached hydrogen (secondary N) is 2. The molecular formula is C23H16ClF3N4O6S. The Morgan fingerprint density at radius 2 is 1.84 bits per heavy atom. The first-order valence-electron chi connectivity index (χ1n) is 10.4. The van der Waals surface area contributed by atoms with Crippen LogP contribution in [-0.2, 0) is 16.2 Å². The second-order valence-electron chi connectivity index (χ2n) is 7.45. The van der Waals surface area contributed by atoms with E-state index in [2.05, 4.69) is 24.7 Å². The van der Waals surface area contributed by atoms with E-state index >= 15 is 0 Å². The van der Waals surface area contributed by atoms with Gasteiger partial charge in [0.1, 0.15) is 17.0 Å². The van der Waals surface area contributed by atoms with Crippen molar-refractivity contribution >= 4 is 39.4 Å². The van der Waals surface area contributed by atoms with Gasteiger partial charge in [-0.3, -0.25) is 10.0 Å². The van der Waals surface area contributed by atoms with E-state index in [0.717, 1.165) is 18.3 Å². The molecule has 198 valence electrons. The first-order valence-corrected chi connectivity index (χ1v) is 12.3. The highest BCUT2D eigenvalue weighted by Crippen LogP contribution is 2.40. The lowest BCUT2D eigenvalue weighted by atomic mass is 10.0. The van der Waals surface area contributed by atoms with Crippen LogP contribution in [-0.4, -0.2) is 31.8 Å². The van der Waals surface area contributed by atoms with E-state index in [-0.39, 0.29) is 44.2 Å². The minimum atomic E-state index is -4.54. The van der Waals surface area contributed by atoms with Crippen molar-refractivity contribution in [3.05, 3.63) is 77.6 Å². The van der Waals surface area contributed by atoms with Crippen LogP contribution in [0.3, 0.4) is 0 Å². The lowest BCUT2D eigenvalue weighted by Crippen LogP contribution is -2.18. The van der Waals surface area contributed by atoms with Crippen LogP contribution in [0.4, 0.5) is 29.6 Å². The number of amides is 1. The van der Waals surface area contributed by atoms with Gasteiger partial charge in [-0.15, -0.1) is 0 Å². The molecule has 0 bridgehead atoms. The molecule has 4 aromatic rings. The molecule has 38 heavy (non-hydrogen) atoms. The summed E-state index contributed by atoms with van der Waals surface area (Å²) in [6.07, 6.45) is -3.37. The first-order chi connectivity index (χ1) is 18.0. The van der Waals surface area contributed by atoms with Gasteiger partial charge in [-0.05, 0) is 35.9 Å². The van der Waals surface area contributed by atoms with E-state index < -0.39 is 27.9 Å². The number of methoxy groups -OCH3 is 1. The second-order valence-corrected chi connectivity index (χ2v) is 9.53. The number of hydrogen-bond donors (Lipinski definition) is 2. The second kappa shape index (κ2) is 10.6. The average Bonchev–Trinajstić information content (AvgIpc) is 3.36. The summed E-state index contributed by atoms with van der Waals surface area (Å²) in [7, 11) is -2.73. The minimum Gasteiger partial charge on any atom is -0.493 e. The topological polar surface area (TPSA) is 133 Å². The standard InChI is InChI=1S/C23H16ClF3N4O6S/c1-35-18-10-16(13-3-2-4-14(9-13)23(25,26)27)17(24)11-19(18)37-22(32)29-20-6-5-15(12-28-20)38(33,34)31-21-7-8-36-30-21/h2-12H,1H3,(H,30,31)(H,28,29,32). The molecule has 0 saturated heterocycles. The monoisotopic (exact) mass is 568 g/mol. The van der Waals surface area contributed by atoms with Crippen molar-refractivity contribution in [2.75, 3.05) is 17.1 Å². The molecule has 0 fully saturated rings. The van der Waals surface area contributed by atoms with Crippen LogP contribution in [0.25, 0.3) is 11.1 Å². The van der Waals surface area contributed by atoms with Crippen LogP contribution in [0.1, 0.15) is 5.56 Å². The molecule has 2 N–H and O–H groups in total. The molecule has 0 radical (unpaired) electrons. The largest absolute Gasteiger partial charge is 0.493 e. The molecule has 0 aliphatic carbocycles. The zero-order valence-electron chi connectivity index (χ0n) is 19.1. The number of ether oxygens (including phenoxy) is 2. The van der Waals surface area contributed by atoms with Crippen LogP contribution < -0.4 is 19.5 Å². The maximum Gasteiger partial charge on any atom is 0.418 e. The molecule has 0 atom stereocenters. The molecule has 0 saturated carbocycles. The van der Waals surface area contributed by atoms with Gasteiger partial charge in [-0.1, -0.05) is 28.9 Å². The summed E-state index contributed by atoms with van der Waals surface area (Å²) < 4.78 is 81.2. The number of halogens is 4. The van der Waals surface area contributed by atoms with Crippen LogP contribution in [0.5, 0.6) is 11.5 Å². The Kier molecular flexibility index (Phi) is 7.46. The fourth-order valence-electron chi connectivity index (χ4n) is 3.16. The highest BCUT2D eigenvalue weighted by molar-refractivity contribution is 7.92. The van der Waals surface area contributed by atoms with Gasteiger partial charge in [0.15, 0.2) is 17.3 Å². The first kappa shape index (κ1) is 26.8. The van der Waals surface area contributed by atoms with E-state index in [1.165, 1.54) is 55.8 Å². The van der Waals surface area contributed by atoms with Gasteiger partial charge in [0.2, 0.25) is 0 Å². The molecule has 0 spiro atoms. The minimum absolute atomic E-state index is 0.000205. The van der Waals surface area contributed by atoms with Gasteiger partial charge in [-0.25, -0.2) is 18.2 Å². The SMILES string of the molecule is COc1cc(-c2cccc(C(F)(F)F)c2)c(Cl)cc1OC(=O)Nc1ccc(S(=O)(=O)Nc2ccon2)cn1. The van der Waals surface area contributed by atoms with E-state index in [9.17, 15) is 26.4 Å². The van der Waals surface area contributed by atoms with Crippen LogP contribution in [0, 0.1) is 0 Å². The highest BCUT2D eigenvalue weighted by Gasteiger charge is 2.30. The summed E-state index contributed by atoms with van der Waals surface area (Å²) in [5.74, 6) is -0.171. The fourth-order valence-corrected chi connectivity index (χ4v) is 4.36. The van der Waals surface area contributed by atoms with Crippen molar-refractivity contribution < 1.29 is 40.4 Å². The van der Waals surface area contributed by atoms with Crippen molar-refractivity contribution in [2.24, 2.45) is 0 Å². The van der Waals surface area contributed by atoms with E-state index in [0.29, 0.717) is 0 Å². The molecule has 1 amide bonds. The smallest absolute Gasteiger partial charge is 0.418 e. The van der Waals surface area contributed by atoms with Gasteiger partial charge in [0.05, 0.1) is 17.7 Å². The van der Waals surface area contributed by atoms with Crippen molar-refractivity contribution in [2.45, 2.75) is 11.1 Å². The molecule has 2 aromatic carbocycles. The molecule has 2 aromatic heterocycles. The molecule has 0 aliphatic rings. The zero-order chi connectivity index (χ0) is 27.5. The number of pyridine rings is 1. The summed E-state index contributed by atoms with van der Waals surface area (Å²) in [6.45, 7) is 0. The number of anilines is 2. The van der Waals surface area contributed by atoms with Crippen molar-refractivity contribution in [1.82, 2.24) is 10.1 Å². The number of nitrogens with zero attached hydrogens (tertiary/aromatic N) is 2. The Morgan fingerprint density at radius 1 is 1.05 bits per heavy atom. The number of alkyl halides is 3. The maximum atomic E-state index is 13.1. The van der Waals surface area contributed by atoms with Gasteiger partial charge in [0, 0.05) is 23.9 Å². The molecule has 0 unspecified atom stereocenters. The summed E-state index contributed by atoms with van der Waals surface area (Å²) in [5.41, 5.74) is -0.457. The van der Waals surface area contributed by atoms with Gasteiger partial charge in [0.25, 0.3) is 10.0 Å². The number of sulfonamides is 1. The van der Waals surface area contributed by atoms with Gasteiger partial charge >= 0.3 is 12.3 Å². The normalized spacial score (nSPS) is 11.6. The Labute approximate surface area is 218 Å². The van der Waals surface area contributed by atoms with Crippen molar-refractivity contribution in [3.63, 3.8) is 0 Å². The molecule has 10 nitrogen and oxygen atoms in total. The number of carbonyl (C=O) groups is 1. The Hall–Kier alpha value is -4.30. The Morgan fingerprint density at radius 3 is 2.47 bits per heavy atom. The summed E-state index contributed by atoms with van der Waals surface area (Å²) in [6, 6.07) is 10.8. The van der Waals surface area contributed by atoms with Gasteiger partial charge < -0.3 is 14.0 Å². The third-order valence-electron chi connectivity index (χ3n) is 4.91. The third kappa shape index (κ3) is 6.15. The van der Waals surface area contributed by atoms with E-state index in [1.54, 1.807) is 0 Å². The molecule has 2 heterocycles. The van der Waals surface area contributed by atoms with Crippen LogP contribution in [0.15, 0.2) is 76.5 Å². The molecule has 4 rings (SSSR count). The molecule has 0 aliphatic heterocycles. The third-order valence-corrected chi connectivity index (χ3v) is 6.56. The van der Waals surface area contributed by atoms with Crippen molar-refractivity contribution in [3.8, 4) is 22.6 Å². The average molecular weight is 569 g/mol. The van der Waals surface area contributed by atoms with Crippen LogP contribution in [0.2, 0.25) is 5.02 Å². The Bertz CT molecular complexity index is 1560. The summed E-state index contributed by atoms with van der Waals surface area (Å²) >= 11 is 6.28. The number of aromatic nitrogens is 2. The lowest BCUT2D eigenvalue weighted by Gasteiger charge is -2.14. The molecule has 15 heteroatoms. The quantitative estimate of drug-likeness (QED) is 0.284. The lowest BCUT2D eigenvalue weighted by molar-refractivity contribution is -0.137. The number of hydrogen-bond acceptors (Lipinski definition) is 8.